The number of halogens is 1. The van der Waals surface area contributed by atoms with Crippen molar-refractivity contribution in [3.63, 3.8) is 0 Å². The van der Waals surface area contributed by atoms with Crippen molar-refractivity contribution in [1.82, 2.24) is 25.7 Å². The van der Waals surface area contributed by atoms with Crippen LogP contribution in [0.15, 0.2) is 30.6 Å². The molecule has 4 atom stereocenters. The maximum atomic E-state index is 15.2. The van der Waals surface area contributed by atoms with Crippen molar-refractivity contribution in [3.8, 4) is 32.6 Å². The van der Waals surface area contributed by atoms with Crippen LogP contribution >= 0.6 is 11.3 Å². The van der Waals surface area contributed by atoms with E-state index < -0.39 is 17.8 Å². The van der Waals surface area contributed by atoms with Gasteiger partial charge in [-0.1, -0.05) is 29.4 Å². The summed E-state index contributed by atoms with van der Waals surface area (Å²) in [5.74, 6) is 0.0927. The number of H-pyrrole nitrogens is 1. The number of piperidine rings is 2. The number of fused-ring (bicyclic) bond motifs is 3. The highest BCUT2D eigenvalue weighted by Gasteiger charge is 2.58. The number of alkyl halides is 1. The summed E-state index contributed by atoms with van der Waals surface area (Å²) in [6.45, 7) is 4.69. The number of phenols is 1. The number of nitrogens with one attached hydrogen (secondary N) is 2. The van der Waals surface area contributed by atoms with E-state index in [0.29, 0.717) is 15.8 Å². The Morgan fingerprint density at radius 3 is 2.79 bits per heavy atom. The molecule has 0 spiro atoms. The third-order valence-electron chi connectivity index (χ3n) is 6.37. The van der Waals surface area contributed by atoms with E-state index in [1.54, 1.807) is 24.5 Å². The lowest BCUT2D eigenvalue weighted by molar-refractivity contribution is -0.118. The first-order valence-electron chi connectivity index (χ1n) is 9.60. The SMILES string of the molecule is C[C@]12CC[C@](C)(NC1)C(F)[C@H]2Oc1nnc(-c2ccc(-c3cn[nH]c3)cc2O)s1. The predicted octanol–water partition coefficient (Wildman–Crippen LogP) is 3.55. The largest absolute Gasteiger partial charge is 0.507 e. The van der Waals surface area contributed by atoms with E-state index in [0.717, 1.165) is 30.5 Å². The fourth-order valence-corrected chi connectivity index (χ4v) is 5.03. The zero-order valence-electron chi connectivity index (χ0n) is 16.1. The first kappa shape index (κ1) is 18.5. The van der Waals surface area contributed by atoms with Gasteiger partial charge in [-0.25, -0.2) is 4.39 Å². The average Bonchev–Trinajstić information content (AvgIpc) is 3.39. The third-order valence-corrected chi connectivity index (χ3v) is 7.21. The molecule has 3 aromatic rings. The normalized spacial score (nSPS) is 31.1. The zero-order chi connectivity index (χ0) is 20.2. The van der Waals surface area contributed by atoms with Crippen LogP contribution in [0.4, 0.5) is 4.39 Å². The second-order valence-electron chi connectivity index (χ2n) is 8.46. The Balaban J connectivity index is 1.39. The van der Waals surface area contributed by atoms with Crippen molar-refractivity contribution in [2.24, 2.45) is 5.41 Å². The van der Waals surface area contributed by atoms with E-state index in [9.17, 15) is 5.11 Å². The highest BCUT2D eigenvalue weighted by atomic mass is 32.1. The molecule has 3 N–H and O–H groups in total. The molecule has 2 aliphatic heterocycles. The van der Waals surface area contributed by atoms with Crippen LogP contribution in [0.25, 0.3) is 21.7 Å². The Morgan fingerprint density at radius 2 is 2.10 bits per heavy atom. The minimum Gasteiger partial charge on any atom is -0.507 e. The van der Waals surface area contributed by atoms with Crippen LogP contribution < -0.4 is 10.1 Å². The van der Waals surface area contributed by atoms with Crippen LogP contribution in [0.2, 0.25) is 0 Å². The van der Waals surface area contributed by atoms with Gasteiger partial charge in [-0.3, -0.25) is 5.10 Å². The van der Waals surface area contributed by atoms with Crippen molar-refractivity contribution in [3.05, 3.63) is 30.6 Å². The number of aromatic hydroxyl groups is 1. The lowest BCUT2D eigenvalue weighted by Crippen LogP contribution is -2.72. The molecular weight excluding hydrogens is 393 g/mol. The minimum atomic E-state index is -1.12. The Bertz CT molecular complexity index is 1030. The molecular formula is C20H22FN5O2S. The van der Waals surface area contributed by atoms with Crippen molar-refractivity contribution in [2.45, 2.75) is 44.5 Å². The van der Waals surface area contributed by atoms with Crippen molar-refractivity contribution in [1.29, 1.82) is 0 Å². The highest BCUT2D eigenvalue weighted by molar-refractivity contribution is 7.16. The van der Waals surface area contributed by atoms with E-state index in [1.807, 2.05) is 13.0 Å². The van der Waals surface area contributed by atoms with Gasteiger partial charge in [0.15, 0.2) is 11.2 Å². The summed E-state index contributed by atoms with van der Waals surface area (Å²) in [5.41, 5.74) is 1.44. The summed E-state index contributed by atoms with van der Waals surface area (Å²) in [7, 11) is 0. The van der Waals surface area contributed by atoms with Gasteiger partial charge in [0.2, 0.25) is 0 Å². The molecule has 1 saturated carbocycles. The Hall–Kier alpha value is -2.52. The predicted molar refractivity (Wildman–Crippen MR) is 108 cm³/mol. The molecule has 0 amide bonds. The summed E-state index contributed by atoms with van der Waals surface area (Å²) >= 11 is 1.21. The molecule has 2 aromatic heterocycles. The molecule has 6 rings (SSSR count). The molecule has 3 fully saturated rings. The Kier molecular flexibility index (Phi) is 4.15. The van der Waals surface area contributed by atoms with Crippen LogP contribution in [0, 0.1) is 5.41 Å². The maximum absolute atomic E-state index is 15.2. The van der Waals surface area contributed by atoms with Crippen molar-refractivity contribution < 1.29 is 14.2 Å². The fourth-order valence-electron chi connectivity index (χ4n) is 4.27. The molecule has 4 heterocycles. The zero-order valence-corrected chi connectivity index (χ0v) is 17.0. The first-order valence-corrected chi connectivity index (χ1v) is 10.4. The standard InChI is InChI=1S/C20H22FN5O2S/c1-19-5-6-20(2,22-10-19)15(21)16(19)28-18-26-25-17(29-18)13-4-3-11(7-14(13)27)12-8-23-24-9-12/h3-4,7-9,15-16,22,27H,5-6,10H2,1-2H3,(H,23,24)/t15?,16-,19+,20+/m1/s1. The van der Waals surface area contributed by atoms with Gasteiger partial charge >= 0.3 is 0 Å². The molecule has 1 unspecified atom stereocenters. The van der Waals surface area contributed by atoms with Gasteiger partial charge in [0, 0.05) is 23.7 Å². The van der Waals surface area contributed by atoms with Crippen LogP contribution in [0.1, 0.15) is 26.7 Å². The summed E-state index contributed by atoms with van der Waals surface area (Å²) in [6, 6.07) is 5.33. The van der Waals surface area contributed by atoms with Gasteiger partial charge in [-0.2, -0.15) is 5.10 Å². The monoisotopic (exact) mass is 415 g/mol. The average molecular weight is 415 g/mol. The third kappa shape index (κ3) is 3.00. The van der Waals surface area contributed by atoms with E-state index in [4.69, 9.17) is 4.74 Å². The number of aromatic nitrogens is 4. The van der Waals surface area contributed by atoms with Crippen LogP contribution in [-0.4, -0.2) is 49.9 Å². The Labute approximate surface area is 171 Å². The summed E-state index contributed by atoms with van der Waals surface area (Å²) < 4.78 is 21.2. The van der Waals surface area contributed by atoms with E-state index in [-0.39, 0.29) is 11.2 Å². The molecule has 0 radical (unpaired) electrons. The van der Waals surface area contributed by atoms with Gasteiger partial charge < -0.3 is 15.2 Å². The lowest BCUT2D eigenvalue weighted by atomic mass is 9.61. The van der Waals surface area contributed by atoms with Crippen LogP contribution in [0.3, 0.4) is 0 Å². The number of phenolic OH excluding ortho intramolecular Hbond substituents is 1. The second kappa shape index (κ2) is 6.50. The fraction of sp³-hybridized carbons (Fsp3) is 0.450. The molecule has 9 heteroatoms. The van der Waals surface area contributed by atoms with Gasteiger partial charge in [-0.05, 0) is 37.5 Å². The number of rotatable bonds is 4. The summed E-state index contributed by atoms with van der Waals surface area (Å²) in [4.78, 5) is 0. The second-order valence-corrected chi connectivity index (χ2v) is 9.40. The molecule has 2 bridgehead atoms. The summed E-state index contributed by atoms with van der Waals surface area (Å²) in [5, 5.41) is 29.6. The molecule has 7 nitrogen and oxygen atoms in total. The van der Waals surface area contributed by atoms with E-state index >= 15 is 4.39 Å². The first-order chi connectivity index (χ1) is 13.9. The van der Waals surface area contributed by atoms with Gasteiger partial charge in [0.1, 0.15) is 11.9 Å². The molecule has 152 valence electrons. The van der Waals surface area contributed by atoms with Crippen molar-refractivity contribution >= 4 is 11.3 Å². The number of benzene rings is 1. The smallest absolute Gasteiger partial charge is 0.294 e. The number of aromatic amines is 1. The lowest BCUT2D eigenvalue weighted by Gasteiger charge is -2.56. The van der Waals surface area contributed by atoms with E-state index in [2.05, 4.69) is 32.6 Å². The minimum absolute atomic E-state index is 0.0927. The summed E-state index contributed by atoms with van der Waals surface area (Å²) in [6.07, 6.45) is 3.45. The van der Waals surface area contributed by atoms with Gasteiger partial charge in [0.05, 0.1) is 17.3 Å². The van der Waals surface area contributed by atoms with Crippen LogP contribution in [-0.2, 0) is 0 Å². The van der Waals surface area contributed by atoms with Crippen LogP contribution in [0.5, 0.6) is 10.9 Å². The van der Waals surface area contributed by atoms with E-state index in [1.165, 1.54) is 11.3 Å². The maximum Gasteiger partial charge on any atom is 0.294 e. The molecule has 29 heavy (non-hydrogen) atoms. The number of ether oxygens (including phenoxy) is 1. The quantitative estimate of drug-likeness (QED) is 0.603. The number of hydrogen-bond donors (Lipinski definition) is 3. The van der Waals surface area contributed by atoms with Gasteiger partial charge in [0.25, 0.3) is 5.19 Å². The number of nitrogens with zero attached hydrogens (tertiary/aromatic N) is 3. The molecule has 1 aliphatic carbocycles. The van der Waals surface area contributed by atoms with Crippen molar-refractivity contribution in [2.75, 3.05) is 6.54 Å². The Morgan fingerprint density at radius 1 is 1.24 bits per heavy atom. The molecule has 1 aromatic carbocycles. The topological polar surface area (TPSA) is 96.0 Å². The molecule has 3 aliphatic rings. The molecule has 2 saturated heterocycles. The van der Waals surface area contributed by atoms with Gasteiger partial charge in [-0.15, -0.1) is 5.10 Å². The number of hydrogen-bond acceptors (Lipinski definition) is 7. The highest BCUT2D eigenvalue weighted by Crippen LogP contribution is 2.48.